The van der Waals surface area contributed by atoms with Crippen LogP contribution in [0.2, 0.25) is 0 Å². The molecular weight excluding hydrogens is 358 g/mol. The molecule has 2 fully saturated rings. The van der Waals surface area contributed by atoms with E-state index in [0.29, 0.717) is 48.9 Å². The molecule has 0 N–H and O–H groups in total. The van der Waals surface area contributed by atoms with Crippen molar-refractivity contribution in [3.63, 3.8) is 0 Å². The Balaban J connectivity index is 1.28. The molecule has 2 aromatic rings. The summed E-state index contributed by atoms with van der Waals surface area (Å²) in [5.74, 6) is 1.43. The Bertz CT molecular complexity index is 937. The number of rotatable bonds is 6. The smallest absolute Gasteiger partial charge is 0.253 e. The summed E-state index contributed by atoms with van der Waals surface area (Å²) in [6, 6.07) is 8.73. The van der Waals surface area contributed by atoms with Crippen LogP contribution in [0.15, 0.2) is 28.8 Å². The molecule has 1 aromatic heterocycles. The van der Waals surface area contributed by atoms with Gasteiger partial charge in [-0.15, -0.1) is 0 Å². The third-order valence-electron chi connectivity index (χ3n) is 5.21. The van der Waals surface area contributed by atoms with E-state index in [9.17, 15) is 9.59 Å². The Morgan fingerprint density at radius 3 is 2.86 bits per heavy atom. The number of likely N-dealkylation sites (N-methyl/N-ethyl adjacent to an activating group) is 1. The normalized spacial score (nSPS) is 16.4. The van der Waals surface area contributed by atoms with Crippen molar-refractivity contribution in [3.8, 4) is 6.07 Å². The van der Waals surface area contributed by atoms with Gasteiger partial charge in [0.15, 0.2) is 5.82 Å². The standard InChI is InChI=1S/C20H21N5O3/c1-24(19(26)14-5-6-14)8-7-17-22-18(28-23-17)16-11-25(12-16)20(27)15-4-2-3-13(9-15)10-21/h2-4,9,14,16H,5-8,11-12H2,1H3. The fourth-order valence-electron chi connectivity index (χ4n) is 3.26. The summed E-state index contributed by atoms with van der Waals surface area (Å²) >= 11 is 0. The molecule has 2 amide bonds. The Morgan fingerprint density at radius 1 is 1.36 bits per heavy atom. The lowest BCUT2D eigenvalue weighted by Crippen LogP contribution is -2.48. The van der Waals surface area contributed by atoms with E-state index >= 15 is 0 Å². The SMILES string of the molecule is CN(CCc1noc(C2CN(C(=O)c3cccc(C#N)c3)C2)n1)C(=O)C1CC1. The molecule has 8 heteroatoms. The number of hydrogen-bond donors (Lipinski definition) is 0. The van der Waals surface area contributed by atoms with Crippen LogP contribution in [-0.4, -0.2) is 58.4 Å². The molecule has 0 spiro atoms. The number of carbonyl (C=O) groups is 2. The average Bonchev–Trinajstić information content (AvgIpc) is 3.43. The molecule has 2 aliphatic rings. The van der Waals surface area contributed by atoms with Gasteiger partial charge >= 0.3 is 0 Å². The van der Waals surface area contributed by atoms with Crippen molar-refractivity contribution in [2.24, 2.45) is 5.92 Å². The van der Waals surface area contributed by atoms with Crippen LogP contribution in [0.3, 0.4) is 0 Å². The lowest BCUT2D eigenvalue weighted by Gasteiger charge is -2.37. The zero-order valence-electron chi connectivity index (χ0n) is 15.7. The van der Waals surface area contributed by atoms with E-state index in [1.807, 2.05) is 6.07 Å². The molecule has 1 aromatic carbocycles. The monoisotopic (exact) mass is 379 g/mol. The van der Waals surface area contributed by atoms with Crippen LogP contribution in [-0.2, 0) is 11.2 Å². The average molecular weight is 379 g/mol. The van der Waals surface area contributed by atoms with Crippen molar-refractivity contribution < 1.29 is 14.1 Å². The van der Waals surface area contributed by atoms with Crippen LogP contribution in [0.1, 0.15) is 46.4 Å². The molecule has 0 atom stereocenters. The quantitative estimate of drug-likeness (QED) is 0.755. The third-order valence-corrected chi connectivity index (χ3v) is 5.21. The summed E-state index contributed by atoms with van der Waals surface area (Å²) < 4.78 is 5.35. The maximum atomic E-state index is 12.5. The summed E-state index contributed by atoms with van der Waals surface area (Å²) in [5.41, 5.74) is 0.974. The number of likely N-dealkylation sites (tertiary alicyclic amines) is 1. The molecule has 2 heterocycles. The van der Waals surface area contributed by atoms with Gasteiger partial charge in [0.25, 0.3) is 5.91 Å². The van der Waals surface area contributed by atoms with Crippen LogP contribution in [0, 0.1) is 17.2 Å². The summed E-state index contributed by atoms with van der Waals surface area (Å²) in [7, 11) is 1.80. The molecule has 0 radical (unpaired) electrons. The van der Waals surface area contributed by atoms with Gasteiger partial charge in [0.1, 0.15) is 0 Å². The summed E-state index contributed by atoms with van der Waals surface area (Å²) in [5, 5.41) is 13.0. The second-order valence-electron chi connectivity index (χ2n) is 7.43. The minimum absolute atomic E-state index is 0.0233. The van der Waals surface area contributed by atoms with Crippen molar-refractivity contribution in [1.29, 1.82) is 5.26 Å². The van der Waals surface area contributed by atoms with E-state index in [1.54, 1.807) is 41.1 Å². The Kier molecular flexibility index (Phi) is 4.82. The fraction of sp³-hybridized carbons (Fsp3) is 0.450. The van der Waals surface area contributed by atoms with Crippen LogP contribution < -0.4 is 0 Å². The van der Waals surface area contributed by atoms with Gasteiger partial charge in [-0.25, -0.2) is 0 Å². The molecule has 1 aliphatic carbocycles. The Labute approximate surface area is 162 Å². The van der Waals surface area contributed by atoms with Gasteiger partial charge in [0, 0.05) is 44.6 Å². The number of carbonyl (C=O) groups excluding carboxylic acids is 2. The first-order valence-corrected chi connectivity index (χ1v) is 9.42. The molecule has 8 nitrogen and oxygen atoms in total. The van der Waals surface area contributed by atoms with E-state index in [2.05, 4.69) is 10.1 Å². The van der Waals surface area contributed by atoms with E-state index in [4.69, 9.17) is 9.78 Å². The highest BCUT2D eigenvalue weighted by molar-refractivity contribution is 5.95. The van der Waals surface area contributed by atoms with Crippen molar-refractivity contribution in [2.75, 3.05) is 26.7 Å². The van der Waals surface area contributed by atoms with E-state index < -0.39 is 0 Å². The van der Waals surface area contributed by atoms with Gasteiger partial charge in [-0.1, -0.05) is 11.2 Å². The van der Waals surface area contributed by atoms with Crippen LogP contribution >= 0.6 is 0 Å². The first-order chi connectivity index (χ1) is 13.5. The highest BCUT2D eigenvalue weighted by Crippen LogP contribution is 2.30. The van der Waals surface area contributed by atoms with Gasteiger partial charge in [-0.05, 0) is 31.0 Å². The molecule has 0 bridgehead atoms. The lowest BCUT2D eigenvalue weighted by molar-refractivity contribution is -0.131. The number of nitriles is 1. The predicted octanol–water partition coefficient (Wildman–Crippen LogP) is 1.59. The van der Waals surface area contributed by atoms with Crippen LogP contribution in [0.25, 0.3) is 0 Å². The Hall–Kier alpha value is -3.21. The highest BCUT2D eigenvalue weighted by atomic mass is 16.5. The van der Waals surface area contributed by atoms with Gasteiger partial charge in [0.2, 0.25) is 11.8 Å². The third kappa shape index (κ3) is 3.74. The minimum Gasteiger partial charge on any atom is -0.345 e. The first kappa shape index (κ1) is 18.2. The van der Waals surface area contributed by atoms with Crippen LogP contribution in [0.4, 0.5) is 0 Å². The maximum Gasteiger partial charge on any atom is 0.253 e. The zero-order chi connectivity index (χ0) is 19.7. The second-order valence-corrected chi connectivity index (χ2v) is 7.43. The molecular formula is C20H21N5O3. The summed E-state index contributed by atoms with van der Waals surface area (Å²) in [6.45, 7) is 1.59. The number of amides is 2. The van der Waals surface area contributed by atoms with Gasteiger partial charge in [-0.3, -0.25) is 9.59 Å². The van der Waals surface area contributed by atoms with E-state index in [-0.39, 0.29) is 23.7 Å². The fourth-order valence-corrected chi connectivity index (χ4v) is 3.26. The van der Waals surface area contributed by atoms with Crippen molar-refractivity contribution >= 4 is 11.8 Å². The number of nitrogens with zero attached hydrogens (tertiary/aromatic N) is 5. The van der Waals surface area contributed by atoms with Crippen molar-refractivity contribution in [2.45, 2.75) is 25.2 Å². The topological polar surface area (TPSA) is 103 Å². The van der Waals surface area contributed by atoms with Crippen molar-refractivity contribution in [3.05, 3.63) is 47.1 Å². The lowest BCUT2D eigenvalue weighted by atomic mass is 9.98. The molecule has 4 rings (SSSR count). The molecule has 1 saturated carbocycles. The van der Waals surface area contributed by atoms with Crippen LogP contribution in [0.5, 0.6) is 0 Å². The second kappa shape index (κ2) is 7.43. The Morgan fingerprint density at radius 2 is 2.14 bits per heavy atom. The summed E-state index contributed by atoms with van der Waals surface area (Å²) in [4.78, 5) is 32.3. The highest BCUT2D eigenvalue weighted by Gasteiger charge is 2.36. The number of aromatic nitrogens is 2. The largest absolute Gasteiger partial charge is 0.345 e. The molecule has 28 heavy (non-hydrogen) atoms. The van der Waals surface area contributed by atoms with Gasteiger partial charge in [-0.2, -0.15) is 10.2 Å². The summed E-state index contributed by atoms with van der Waals surface area (Å²) in [6.07, 6.45) is 2.54. The minimum atomic E-state index is -0.103. The van der Waals surface area contributed by atoms with Gasteiger partial charge in [0.05, 0.1) is 17.6 Å². The van der Waals surface area contributed by atoms with E-state index in [1.165, 1.54) is 0 Å². The maximum absolute atomic E-state index is 12.5. The molecule has 1 aliphatic heterocycles. The molecule has 1 saturated heterocycles. The van der Waals surface area contributed by atoms with E-state index in [0.717, 1.165) is 12.8 Å². The van der Waals surface area contributed by atoms with Crippen molar-refractivity contribution in [1.82, 2.24) is 19.9 Å². The molecule has 144 valence electrons. The van der Waals surface area contributed by atoms with Gasteiger partial charge < -0.3 is 14.3 Å². The number of hydrogen-bond acceptors (Lipinski definition) is 6. The first-order valence-electron chi connectivity index (χ1n) is 9.42. The number of benzene rings is 1. The predicted molar refractivity (Wildman–Crippen MR) is 98.2 cm³/mol. The zero-order valence-corrected chi connectivity index (χ0v) is 15.7. The molecule has 0 unspecified atom stereocenters.